The van der Waals surface area contributed by atoms with Gasteiger partial charge < -0.3 is 15.4 Å². The molecule has 0 unspecified atom stereocenters. The van der Waals surface area contributed by atoms with Gasteiger partial charge in [-0.25, -0.2) is 9.67 Å². The SMILES string of the molecule is COc1nn(C)c2nc(C)c(CCC(=O)NCc3ccc4c(c3)CNC4)c(C)c12.Cl.Cl. The number of carbonyl (C=O) groups is 1. The fraction of sp³-hybridized carbons (Fsp3) is 0.409. The van der Waals surface area contributed by atoms with Gasteiger partial charge in [0.05, 0.1) is 12.5 Å². The van der Waals surface area contributed by atoms with E-state index in [0.29, 0.717) is 25.3 Å². The lowest BCUT2D eigenvalue weighted by Crippen LogP contribution is -2.23. The largest absolute Gasteiger partial charge is 0.479 e. The number of aromatic nitrogens is 3. The van der Waals surface area contributed by atoms with E-state index in [1.165, 1.54) is 11.1 Å². The van der Waals surface area contributed by atoms with Gasteiger partial charge in [-0.05, 0) is 48.1 Å². The minimum absolute atomic E-state index is 0. The van der Waals surface area contributed by atoms with Gasteiger partial charge >= 0.3 is 0 Å². The van der Waals surface area contributed by atoms with E-state index in [1.54, 1.807) is 11.8 Å². The molecule has 2 aromatic heterocycles. The molecule has 7 nitrogen and oxygen atoms in total. The van der Waals surface area contributed by atoms with Crippen LogP contribution in [0.25, 0.3) is 11.0 Å². The van der Waals surface area contributed by atoms with Crippen LogP contribution in [0.3, 0.4) is 0 Å². The summed E-state index contributed by atoms with van der Waals surface area (Å²) < 4.78 is 7.15. The van der Waals surface area contributed by atoms with Gasteiger partial charge in [0.2, 0.25) is 11.8 Å². The molecule has 31 heavy (non-hydrogen) atoms. The molecule has 1 aliphatic heterocycles. The van der Waals surface area contributed by atoms with Crippen molar-refractivity contribution in [3.63, 3.8) is 0 Å². The molecule has 0 bridgehead atoms. The second kappa shape index (κ2) is 10.3. The van der Waals surface area contributed by atoms with Gasteiger partial charge in [-0.2, -0.15) is 0 Å². The van der Waals surface area contributed by atoms with Gasteiger partial charge in [0.15, 0.2) is 5.65 Å². The highest BCUT2D eigenvalue weighted by Gasteiger charge is 2.18. The molecular formula is C22H29Cl2N5O2. The summed E-state index contributed by atoms with van der Waals surface area (Å²) in [6.45, 7) is 6.42. The van der Waals surface area contributed by atoms with Crippen molar-refractivity contribution in [3.05, 3.63) is 51.7 Å². The Morgan fingerprint density at radius 3 is 2.71 bits per heavy atom. The van der Waals surface area contributed by atoms with Crippen LogP contribution in [0.2, 0.25) is 0 Å². The molecule has 3 aromatic rings. The lowest BCUT2D eigenvalue weighted by atomic mass is 10.00. The molecule has 0 fully saturated rings. The smallest absolute Gasteiger partial charge is 0.242 e. The lowest BCUT2D eigenvalue weighted by Gasteiger charge is -2.12. The number of amides is 1. The van der Waals surface area contributed by atoms with Crippen molar-refractivity contribution in [1.29, 1.82) is 0 Å². The topological polar surface area (TPSA) is 81.1 Å². The number of carbonyl (C=O) groups excluding carboxylic acids is 1. The Morgan fingerprint density at radius 1 is 1.23 bits per heavy atom. The number of hydrogen-bond donors (Lipinski definition) is 2. The van der Waals surface area contributed by atoms with Crippen LogP contribution in [0.1, 0.15) is 39.9 Å². The molecule has 0 aliphatic carbocycles. The highest BCUT2D eigenvalue weighted by atomic mass is 35.5. The number of pyridine rings is 1. The number of fused-ring (bicyclic) bond motifs is 2. The van der Waals surface area contributed by atoms with Gasteiger partial charge in [0, 0.05) is 38.8 Å². The van der Waals surface area contributed by atoms with Crippen LogP contribution in [0.5, 0.6) is 5.88 Å². The third-order valence-electron chi connectivity index (χ3n) is 5.71. The van der Waals surface area contributed by atoms with E-state index in [2.05, 4.69) is 33.9 Å². The predicted molar refractivity (Wildman–Crippen MR) is 126 cm³/mol. The average Bonchev–Trinajstić information content (AvgIpc) is 3.30. The lowest BCUT2D eigenvalue weighted by molar-refractivity contribution is -0.121. The number of methoxy groups -OCH3 is 1. The maximum absolute atomic E-state index is 12.5. The quantitative estimate of drug-likeness (QED) is 0.583. The zero-order valence-corrected chi connectivity index (χ0v) is 19.9. The van der Waals surface area contributed by atoms with Crippen molar-refractivity contribution < 1.29 is 9.53 Å². The number of hydrogen-bond acceptors (Lipinski definition) is 5. The molecule has 0 saturated heterocycles. The Bertz CT molecular complexity index is 1100. The standard InChI is InChI=1S/C22H27N5O2.2ClH/c1-13-18(14(2)25-21-20(13)22(29-4)26-27(21)3)7-8-19(28)24-10-15-5-6-16-11-23-12-17(16)9-15;;/h5-6,9,23H,7-8,10-12H2,1-4H3,(H,24,28);2*1H. The van der Waals surface area contributed by atoms with Crippen LogP contribution in [-0.2, 0) is 37.9 Å². The summed E-state index contributed by atoms with van der Waals surface area (Å²) in [7, 11) is 3.47. The molecule has 1 aromatic carbocycles. The third-order valence-corrected chi connectivity index (χ3v) is 5.71. The summed E-state index contributed by atoms with van der Waals surface area (Å²) >= 11 is 0. The van der Waals surface area contributed by atoms with E-state index >= 15 is 0 Å². The van der Waals surface area contributed by atoms with Crippen molar-refractivity contribution in [2.75, 3.05) is 7.11 Å². The van der Waals surface area contributed by atoms with Crippen molar-refractivity contribution in [2.24, 2.45) is 7.05 Å². The number of nitrogens with zero attached hydrogens (tertiary/aromatic N) is 3. The molecule has 0 spiro atoms. The van der Waals surface area contributed by atoms with E-state index in [-0.39, 0.29) is 30.7 Å². The van der Waals surface area contributed by atoms with Crippen LogP contribution in [0, 0.1) is 13.8 Å². The molecule has 168 valence electrons. The van der Waals surface area contributed by atoms with E-state index in [0.717, 1.165) is 46.5 Å². The minimum atomic E-state index is 0. The molecule has 3 heterocycles. The third kappa shape index (κ3) is 4.95. The van der Waals surface area contributed by atoms with Crippen LogP contribution < -0.4 is 15.4 Å². The zero-order valence-electron chi connectivity index (χ0n) is 18.2. The summed E-state index contributed by atoms with van der Waals surface area (Å²) in [6.07, 6.45) is 1.06. The molecule has 2 N–H and O–H groups in total. The van der Waals surface area contributed by atoms with E-state index in [4.69, 9.17) is 9.72 Å². The van der Waals surface area contributed by atoms with Crippen LogP contribution in [0.4, 0.5) is 0 Å². The van der Waals surface area contributed by atoms with E-state index in [9.17, 15) is 4.79 Å². The van der Waals surface area contributed by atoms with Crippen molar-refractivity contribution in [2.45, 2.75) is 46.3 Å². The molecule has 1 amide bonds. The highest BCUT2D eigenvalue weighted by Crippen LogP contribution is 2.30. The summed E-state index contributed by atoms with van der Waals surface area (Å²) in [4.78, 5) is 17.1. The van der Waals surface area contributed by atoms with Crippen molar-refractivity contribution in [1.82, 2.24) is 25.4 Å². The van der Waals surface area contributed by atoms with Crippen molar-refractivity contribution in [3.8, 4) is 5.88 Å². The molecule has 0 saturated carbocycles. The van der Waals surface area contributed by atoms with Crippen LogP contribution >= 0.6 is 24.8 Å². The first kappa shape index (κ1) is 24.9. The predicted octanol–water partition coefficient (Wildman–Crippen LogP) is 3.29. The first-order chi connectivity index (χ1) is 14.0. The molecule has 0 atom stereocenters. The van der Waals surface area contributed by atoms with Gasteiger partial charge in [-0.3, -0.25) is 4.79 Å². The molecular weight excluding hydrogens is 437 g/mol. The Hall–Kier alpha value is -2.35. The van der Waals surface area contributed by atoms with Gasteiger partial charge in [-0.15, -0.1) is 29.9 Å². The fourth-order valence-corrected chi connectivity index (χ4v) is 4.09. The summed E-state index contributed by atoms with van der Waals surface area (Å²) in [6, 6.07) is 6.41. The Balaban J connectivity index is 0.00000171. The second-order valence-electron chi connectivity index (χ2n) is 7.62. The molecule has 1 aliphatic rings. The molecule has 0 radical (unpaired) electrons. The summed E-state index contributed by atoms with van der Waals surface area (Å²) in [5.41, 5.74) is 7.71. The highest BCUT2D eigenvalue weighted by molar-refractivity contribution is 5.86. The number of ether oxygens (including phenoxy) is 1. The van der Waals surface area contributed by atoms with Gasteiger partial charge in [-0.1, -0.05) is 18.2 Å². The number of nitrogens with one attached hydrogen (secondary N) is 2. The fourth-order valence-electron chi connectivity index (χ4n) is 4.09. The number of rotatable bonds is 6. The summed E-state index contributed by atoms with van der Waals surface area (Å²) in [5, 5.41) is 11.7. The first-order valence-corrected chi connectivity index (χ1v) is 9.92. The average molecular weight is 466 g/mol. The number of aryl methyl sites for hydroxylation is 3. The summed E-state index contributed by atoms with van der Waals surface area (Å²) in [5.74, 6) is 0.616. The monoisotopic (exact) mass is 465 g/mol. The van der Waals surface area contributed by atoms with Crippen molar-refractivity contribution >= 4 is 41.8 Å². The second-order valence-corrected chi connectivity index (χ2v) is 7.62. The molecule has 4 rings (SSSR count). The number of benzene rings is 1. The van der Waals surface area contributed by atoms with E-state index in [1.807, 2.05) is 20.9 Å². The normalized spacial score (nSPS) is 12.1. The van der Waals surface area contributed by atoms with Crippen LogP contribution in [-0.4, -0.2) is 27.8 Å². The van der Waals surface area contributed by atoms with E-state index < -0.39 is 0 Å². The zero-order chi connectivity index (χ0) is 20.5. The Kier molecular flexibility index (Phi) is 8.28. The first-order valence-electron chi connectivity index (χ1n) is 9.92. The number of halogens is 2. The van der Waals surface area contributed by atoms with Crippen LogP contribution in [0.15, 0.2) is 18.2 Å². The maximum atomic E-state index is 12.5. The maximum Gasteiger partial charge on any atom is 0.242 e. The van der Waals surface area contributed by atoms with Gasteiger partial charge in [0.1, 0.15) is 0 Å². The Morgan fingerprint density at radius 2 is 1.97 bits per heavy atom. The Labute approximate surface area is 194 Å². The van der Waals surface area contributed by atoms with Gasteiger partial charge in [0.25, 0.3) is 0 Å². The molecule has 9 heteroatoms. The minimum Gasteiger partial charge on any atom is -0.479 e.